The van der Waals surface area contributed by atoms with Gasteiger partial charge >= 0.3 is 0 Å². The molecule has 3 heteroatoms. The van der Waals surface area contributed by atoms with Crippen LogP contribution in [0.25, 0.3) is 0 Å². The highest BCUT2D eigenvalue weighted by molar-refractivity contribution is 9.10. The van der Waals surface area contributed by atoms with E-state index in [1.165, 1.54) is 5.56 Å². The summed E-state index contributed by atoms with van der Waals surface area (Å²) in [4.78, 5) is 0. The third-order valence-electron chi connectivity index (χ3n) is 5.06. The van der Waals surface area contributed by atoms with Crippen LogP contribution in [0, 0.1) is 5.41 Å². The fourth-order valence-corrected chi connectivity index (χ4v) is 3.65. The van der Waals surface area contributed by atoms with Crippen LogP contribution in [0.15, 0.2) is 22.7 Å². The maximum atomic E-state index is 6.42. The van der Waals surface area contributed by atoms with E-state index in [0.29, 0.717) is 18.1 Å². The van der Waals surface area contributed by atoms with Crippen molar-refractivity contribution in [3.63, 3.8) is 0 Å². The average Bonchev–Trinajstić information content (AvgIpc) is 2.46. The molecule has 21 heavy (non-hydrogen) atoms. The Hall–Kier alpha value is -0.540. The third kappa shape index (κ3) is 3.29. The van der Waals surface area contributed by atoms with Crippen LogP contribution in [-0.4, -0.2) is 18.7 Å². The van der Waals surface area contributed by atoms with Gasteiger partial charge in [0.1, 0.15) is 11.9 Å². The third-order valence-corrected chi connectivity index (χ3v) is 5.55. The van der Waals surface area contributed by atoms with E-state index in [1.807, 2.05) is 0 Å². The van der Waals surface area contributed by atoms with Crippen molar-refractivity contribution in [2.45, 2.75) is 65.5 Å². The first kappa shape index (κ1) is 16.8. The number of hydrogen-bond acceptors (Lipinski definition) is 2. The van der Waals surface area contributed by atoms with Crippen molar-refractivity contribution in [2.75, 3.05) is 6.54 Å². The van der Waals surface area contributed by atoms with Crippen LogP contribution >= 0.6 is 15.9 Å². The summed E-state index contributed by atoms with van der Waals surface area (Å²) in [5.74, 6) is 1.52. The van der Waals surface area contributed by atoms with Gasteiger partial charge < -0.3 is 10.1 Å². The molecule has 2 nitrogen and oxygen atoms in total. The van der Waals surface area contributed by atoms with Gasteiger partial charge in [-0.25, -0.2) is 0 Å². The molecule has 0 saturated heterocycles. The Labute approximate surface area is 137 Å². The number of benzene rings is 1. The van der Waals surface area contributed by atoms with E-state index in [4.69, 9.17) is 4.74 Å². The lowest BCUT2D eigenvalue weighted by Crippen LogP contribution is -2.63. The molecule has 0 radical (unpaired) electrons. The standard InChI is InChI=1S/C18H28BrNO/c1-6-18(5)16(20-7-2)11-17(18)21-15-9-8-13(19)10-14(15)12(3)4/h8-10,12,16-17,20H,6-7,11H2,1-5H3. The molecule has 1 aliphatic rings. The molecule has 1 aromatic rings. The first-order valence-electron chi connectivity index (χ1n) is 8.11. The zero-order valence-electron chi connectivity index (χ0n) is 13.9. The summed E-state index contributed by atoms with van der Waals surface area (Å²) in [7, 11) is 0. The Kier molecular flexibility index (Phi) is 5.37. The molecule has 0 heterocycles. The summed E-state index contributed by atoms with van der Waals surface area (Å²) in [6, 6.07) is 6.94. The molecule has 1 fully saturated rings. The van der Waals surface area contributed by atoms with Gasteiger partial charge in [0.15, 0.2) is 0 Å². The maximum Gasteiger partial charge on any atom is 0.123 e. The second-order valence-corrected chi connectivity index (χ2v) is 7.56. The number of ether oxygens (including phenoxy) is 1. The molecule has 2 rings (SSSR count). The topological polar surface area (TPSA) is 21.3 Å². The largest absolute Gasteiger partial charge is 0.489 e. The van der Waals surface area contributed by atoms with E-state index in [2.05, 4.69) is 74.1 Å². The minimum absolute atomic E-state index is 0.233. The zero-order chi connectivity index (χ0) is 15.6. The van der Waals surface area contributed by atoms with Crippen LogP contribution in [0.4, 0.5) is 0 Å². The van der Waals surface area contributed by atoms with E-state index in [-0.39, 0.29) is 5.41 Å². The van der Waals surface area contributed by atoms with Gasteiger partial charge in [0.2, 0.25) is 0 Å². The summed E-state index contributed by atoms with van der Waals surface area (Å²) in [5, 5.41) is 3.60. The van der Waals surface area contributed by atoms with Crippen molar-refractivity contribution in [3.8, 4) is 5.75 Å². The Morgan fingerprint density at radius 3 is 2.67 bits per heavy atom. The van der Waals surface area contributed by atoms with Crippen LogP contribution in [0.3, 0.4) is 0 Å². The van der Waals surface area contributed by atoms with Crippen molar-refractivity contribution >= 4 is 15.9 Å². The second-order valence-electron chi connectivity index (χ2n) is 6.65. The van der Waals surface area contributed by atoms with Crippen molar-refractivity contribution < 1.29 is 4.74 Å². The number of halogens is 1. The highest BCUT2D eigenvalue weighted by Crippen LogP contribution is 2.47. The number of nitrogens with one attached hydrogen (secondary N) is 1. The summed E-state index contributed by atoms with van der Waals surface area (Å²) < 4.78 is 7.54. The monoisotopic (exact) mass is 353 g/mol. The molecule has 0 spiro atoms. The fourth-order valence-electron chi connectivity index (χ4n) is 3.27. The molecule has 0 amide bonds. The molecule has 1 aromatic carbocycles. The molecule has 1 aliphatic carbocycles. The van der Waals surface area contributed by atoms with E-state index in [9.17, 15) is 0 Å². The van der Waals surface area contributed by atoms with Gasteiger partial charge in [0.25, 0.3) is 0 Å². The molecule has 0 aromatic heterocycles. The van der Waals surface area contributed by atoms with Crippen molar-refractivity contribution in [1.82, 2.24) is 5.32 Å². The van der Waals surface area contributed by atoms with Gasteiger partial charge in [0.05, 0.1) is 0 Å². The van der Waals surface area contributed by atoms with Crippen molar-refractivity contribution in [3.05, 3.63) is 28.2 Å². The minimum atomic E-state index is 0.233. The predicted molar refractivity (Wildman–Crippen MR) is 93.1 cm³/mol. The Morgan fingerprint density at radius 1 is 1.38 bits per heavy atom. The summed E-state index contributed by atoms with van der Waals surface area (Å²) in [5.41, 5.74) is 1.52. The van der Waals surface area contributed by atoms with E-state index in [0.717, 1.165) is 29.6 Å². The zero-order valence-corrected chi connectivity index (χ0v) is 15.5. The van der Waals surface area contributed by atoms with E-state index < -0.39 is 0 Å². The van der Waals surface area contributed by atoms with Gasteiger partial charge in [-0.3, -0.25) is 0 Å². The van der Waals surface area contributed by atoms with Crippen molar-refractivity contribution in [2.24, 2.45) is 5.41 Å². The van der Waals surface area contributed by atoms with E-state index in [1.54, 1.807) is 0 Å². The molecule has 118 valence electrons. The predicted octanol–water partition coefficient (Wildman–Crippen LogP) is 5.12. The Bertz CT molecular complexity index is 488. The van der Waals surface area contributed by atoms with Gasteiger partial charge in [-0.1, -0.05) is 50.5 Å². The SMILES string of the molecule is CCNC1CC(Oc2ccc(Br)cc2C(C)C)C1(C)CC. The van der Waals surface area contributed by atoms with Crippen molar-refractivity contribution in [1.29, 1.82) is 0 Å². The van der Waals surface area contributed by atoms with Gasteiger partial charge in [-0.05, 0) is 42.6 Å². The fraction of sp³-hybridized carbons (Fsp3) is 0.667. The molecular formula is C18H28BrNO. The Balaban J connectivity index is 2.16. The lowest BCUT2D eigenvalue weighted by molar-refractivity contribution is -0.0701. The molecule has 1 N–H and O–H groups in total. The smallest absolute Gasteiger partial charge is 0.123 e. The quantitative estimate of drug-likeness (QED) is 0.766. The van der Waals surface area contributed by atoms with Crippen LogP contribution in [0.2, 0.25) is 0 Å². The normalized spacial score (nSPS) is 28.5. The molecule has 3 atom stereocenters. The lowest BCUT2D eigenvalue weighted by atomic mass is 9.61. The van der Waals surface area contributed by atoms with Crippen LogP contribution in [0.5, 0.6) is 5.75 Å². The number of rotatable bonds is 6. The molecule has 1 saturated carbocycles. The van der Waals surface area contributed by atoms with Crippen LogP contribution < -0.4 is 10.1 Å². The summed E-state index contributed by atoms with van der Waals surface area (Å²) >= 11 is 3.56. The minimum Gasteiger partial charge on any atom is -0.489 e. The first-order valence-corrected chi connectivity index (χ1v) is 8.91. The molecule has 0 aliphatic heterocycles. The van der Waals surface area contributed by atoms with Gasteiger partial charge in [-0.15, -0.1) is 0 Å². The highest BCUT2D eigenvalue weighted by Gasteiger charge is 2.51. The number of hydrogen-bond donors (Lipinski definition) is 1. The lowest BCUT2D eigenvalue weighted by Gasteiger charge is -2.53. The van der Waals surface area contributed by atoms with Gasteiger partial charge in [-0.2, -0.15) is 0 Å². The summed E-state index contributed by atoms with van der Waals surface area (Å²) in [6.07, 6.45) is 2.56. The van der Waals surface area contributed by atoms with Crippen LogP contribution in [0.1, 0.15) is 58.9 Å². The molecular weight excluding hydrogens is 326 g/mol. The maximum absolute atomic E-state index is 6.42. The second kappa shape index (κ2) is 6.70. The average molecular weight is 354 g/mol. The molecule has 0 bridgehead atoms. The Morgan fingerprint density at radius 2 is 2.10 bits per heavy atom. The van der Waals surface area contributed by atoms with Gasteiger partial charge in [0, 0.05) is 22.4 Å². The van der Waals surface area contributed by atoms with Crippen LogP contribution in [-0.2, 0) is 0 Å². The van der Waals surface area contributed by atoms with E-state index >= 15 is 0 Å². The summed E-state index contributed by atoms with van der Waals surface area (Å²) in [6.45, 7) is 12.3. The highest BCUT2D eigenvalue weighted by atomic mass is 79.9. The molecule has 3 unspecified atom stereocenters. The first-order chi connectivity index (χ1) is 9.92.